The van der Waals surface area contributed by atoms with Crippen LogP contribution in [-0.2, 0) is 19.2 Å². The second-order valence-corrected chi connectivity index (χ2v) is 6.46. The minimum Gasteiger partial charge on any atom is -0.478 e. The van der Waals surface area contributed by atoms with Crippen LogP contribution < -0.4 is 0 Å². The number of carboxylic acids is 4. The maximum Gasteiger partial charge on any atom is 0.328 e. The molecule has 0 aliphatic rings. The summed E-state index contributed by atoms with van der Waals surface area (Å²) < 4.78 is 0. The standard InChI is InChI=1S/C24H18O8/c25-21(26)5-1-15-9-16(2-6-22(27)28)12-19(11-15)20-13-17(3-7-23(29)30)10-18(14-20)4-8-24(31)32/h1-14H,(H,25,26)(H,27,28)(H,29,30)(H,31,32). The largest absolute Gasteiger partial charge is 0.478 e. The molecule has 0 aromatic heterocycles. The van der Waals surface area contributed by atoms with Crippen LogP contribution in [0.15, 0.2) is 60.7 Å². The smallest absolute Gasteiger partial charge is 0.328 e. The summed E-state index contributed by atoms with van der Waals surface area (Å²) in [5.41, 5.74) is 3.12. The molecular formula is C24H18O8. The summed E-state index contributed by atoms with van der Waals surface area (Å²) in [4.78, 5) is 43.5. The number of aliphatic carboxylic acids is 4. The zero-order chi connectivity index (χ0) is 23.7. The summed E-state index contributed by atoms with van der Waals surface area (Å²) in [5.74, 6) is -4.61. The van der Waals surface area contributed by atoms with E-state index >= 15 is 0 Å². The van der Waals surface area contributed by atoms with Gasteiger partial charge in [0.2, 0.25) is 0 Å². The summed E-state index contributed by atoms with van der Waals surface area (Å²) in [6, 6.07) is 9.87. The Labute approximate surface area is 182 Å². The van der Waals surface area contributed by atoms with Crippen molar-refractivity contribution >= 4 is 48.2 Å². The average Bonchev–Trinajstić information content (AvgIpc) is 2.73. The van der Waals surface area contributed by atoms with Gasteiger partial charge in [0.05, 0.1) is 0 Å². The van der Waals surface area contributed by atoms with Gasteiger partial charge in [-0.25, -0.2) is 19.2 Å². The molecule has 0 amide bonds. The lowest BCUT2D eigenvalue weighted by molar-refractivity contribution is -0.132. The third kappa shape index (κ3) is 7.96. The Balaban J connectivity index is 2.68. The molecule has 0 radical (unpaired) electrons. The van der Waals surface area contributed by atoms with Gasteiger partial charge in [-0.15, -0.1) is 0 Å². The minimum absolute atomic E-state index is 0.490. The van der Waals surface area contributed by atoms with Gasteiger partial charge in [0.1, 0.15) is 0 Å². The summed E-state index contributed by atoms with van der Waals surface area (Å²) in [6.07, 6.45) is 9.17. The quantitative estimate of drug-likeness (QED) is 0.436. The third-order valence-electron chi connectivity index (χ3n) is 3.96. The van der Waals surface area contributed by atoms with Crippen molar-refractivity contribution in [3.63, 3.8) is 0 Å². The molecule has 0 heterocycles. The molecule has 0 saturated carbocycles. The Kier molecular flexibility index (Phi) is 8.01. The second kappa shape index (κ2) is 10.9. The number of rotatable bonds is 9. The average molecular weight is 434 g/mol. The van der Waals surface area contributed by atoms with E-state index in [1.54, 1.807) is 36.4 Å². The van der Waals surface area contributed by atoms with E-state index in [-0.39, 0.29) is 0 Å². The molecule has 8 nitrogen and oxygen atoms in total. The van der Waals surface area contributed by atoms with Crippen molar-refractivity contribution < 1.29 is 39.6 Å². The highest BCUT2D eigenvalue weighted by atomic mass is 16.4. The van der Waals surface area contributed by atoms with Crippen LogP contribution in [0.2, 0.25) is 0 Å². The lowest BCUT2D eigenvalue weighted by Crippen LogP contribution is -1.91. The highest BCUT2D eigenvalue weighted by Gasteiger charge is 2.06. The van der Waals surface area contributed by atoms with E-state index in [2.05, 4.69) is 0 Å². The van der Waals surface area contributed by atoms with E-state index in [1.807, 2.05) is 0 Å². The second-order valence-electron chi connectivity index (χ2n) is 6.46. The highest BCUT2D eigenvalue weighted by Crippen LogP contribution is 2.27. The van der Waals surface area contributed by atoms with E-state index in [0.29, 0.717) is 33.4 Å². The number of carbonyl (C=O) groups is 4. The van der Waals surface area contributed by atoms with Gasteiger partial charge in [-0.2, -0.15) is 0 Å². The van der Waals surface area contributed by atoms with Crippen LogP contribution in [0.3, 0.4) is 0 Å². The van der Waals surface area contributed by atoms with E-state index < -0.39 is 23.9 Å². The molecule has 0 fully saturated rings. The highest BCUT2D eigenvalue weighted by molar-refractivity contribution is 5.89. The van der Waals surface area contributed by atoms with E-state index in [9.17, 15) is 19.2 Å². The van der Waals surface area contributed by atoms with Crippen LogP contribution in [0.4, 0.5) is 0 Å². The lowest BCUT2D eigenvalue weighted by Gasteiger charge is -2.09. The van der Waals surface area contributed by atoms with Crippen molar-refractivity contribution in [2.24, 2.45) is 0 Å². The van der Waals surface area contributed by atoms with Crippen LogP contribution in [0, 0.1) is 0 Å². The Bertz CT molecular complexity index is 1000. The molecule has 0 bridgehead atoms. The lowest BCUT2D eigenvalue weighted by atomic mass is 9.95. The first-order chi connectivity index (χ1) is 15.1. The SMILES string of the molecule is O=C(O)C=Cc1cc(C=CC(=O)O)cc(-c2cc(C=CC(=O)O)cc(C=CC(=O)O)c2)c1. The molecule has 2 aromatic rings. The minimum atomic E-state index is -1.15. The van der Waals surface area contributed by atoms with E-state index in [0.717, 1.165) is 24.3 Å². The Morgan fingerprint density at radius 1 is 0.438 bits per heavy atom. The first-order valence-corrected chi connectivity index (χ1v) is 9.07. The maximum absolute atomic E-state index is 10.9. The van der Waals surface area contributed by atoms with Gasteiger partial charge >= 0.3 is 23.9 Å². The number of hydrogen-bond donors (Lipinski definition) is 4. The fourth-order valence-corrected chi connectivity index (χ4v) is 2.74. The number of hydrogen-bond acceptors (Lipinski definition) is 4. The van der Waals surface area contributed by atoms with Crippen LogP contribution in [0.25, 0.3) is 35.4 Å². The van der Waals surface area contributed by atoms with Crippen molar-refractivity contribution in [2.45, 2.75) is 0 Å². The van der Waals surface area contributed by atoms with Gasteiger partial charge in [0.25, 0.3) is 0 Å². The summed E-state index contributed by atoms with van der Waals surface area (Å²) >= 11 is 0. The molecule has 0 aliphatic heterocycles. The maximum atomic E-state index is 10.9. The fourth-order valence-electron chi connectivity index (χ4n) is 2.74. The molecule has 162 valence electrons. The van der Waals surface area contributed by atoms with E-state index in [1.165, 1.54) is 24.3 Å². The van der Waals surface area contributed by atoms with Crippen LogP contribution in [0.1, 0.15) is 22.3 Å². The van der Waals surface area contributed by atoms with Crippen LogP contribution >= 0.6 is 0 Å². The summed E-state index contributed by atoms with van der Waals surface area (Å²) in [5, 5.41) is 35.6. The molecule has 0 aliphatic carbocycles. The Morgan fingerprint density at radius 2 is 0.656 bits per heavy atom. The Morgan fingerprint density at radius 3 is 0.844 bits per heavy atom. The van der Waals surface area contributed by atoms with Crippen molar-refractivity contribution in [3.8, 4) is 11.1 Å². The zero-order valence-electron chi connectivity index (χ0n) is 16.5. The molecule has 2 aromatic carbocycles. The van der Waals surface area contributed by atoms with Crippen LogP contribution in [-0.4, -0.2) is 44.3 Å². The van der Waals surface area contributed by atoms with Gasteiger partial charge < -0.3 is 20.4 Å². The molecule has 2 rings (SSSR count). The summed E-state index contributed by atoms with van der Waals surface area (Å²) in [6.45, 7) is 0. The topological polar surface area (TPSA) is 149 Å². The van der Waals surface area contributed by atoms with Crippen molar-refractivity contribution in [3.05, 3.63) is 83.0 Å². The third-order valence-corrected chi connectivity index (χ3v) is 3.96. The van der Waals surface area contributed by atoms with Gasteiger partial charge in [-0.3, -0.25) is 0 Å². The van der Waals surface area contributed by atoms with E-state index in [4.69, 9.17) is 20.4 Å². The van der Waals surface area contributed by atoms with Gasteiger partial charge in [-0.1, -0.05) is 0 Å². The molecule has 8 heteroatoms. The number of benzene rings is 2. The normalized spacial score (nSPS) is 11.6. The molecule has 0 saturated heterocycles. The molecular weight excluding hydrogens is 416 g/mol. The fraction of sp³-hybridized carbons (Fsp3) is 0. The molecule has 0 atom stereocenters. The number of carboxylic acid groups (broad SMARTS) is 4. The summed E-state index contributed by atoms with van der Waals surface area (Å²) in [7, 11) is 0. The molecule has 0 spiro atoms. The van der Waals surface area contributed by atoms with Gasteiger partial charge in [0.15, 0.2) is 0 Å². The van der Waals surface area contributed by atoms with Crippen LogP contribution in [0.5, 0.6) is 0 Å². The Hall–Kier alpha value is -4.72. The molecule has 4 N–H and O–H groups in total. The molecule has 0 unspecified atom stereocenters. The predicted molar refractivity (Wildman–Crippen MR) is 119 cm³/mol. The molecule has 32 heavy (non-hydrogen) atoms. The first-order valence-electron chi connectivity index (χ1n) is 9.07. The van der Waals surface area contributed by atoms with Gasteiger partial charge in [-0.05, 0) is 94.1 Å². The monoisotopic (exact) mass is 434 g/mol. The van der Waals surface area contributed by atoms with Crippen molar-refractivity contribution in [1.29, 1.82) is 0 Å². The predicted octanol–water partition coefficient (Wildman–Crippen LogP) is 3.74. The zero-order valence-corrected chi connectivity index (χ0v) is 16.5. The van der Waals surface area contributed by atoms with Crippen molar-refractivity contribution in [2.75, 3.05) is 0 Å². The van der Waals surface area contributed by atoms with Gasteiger partial charge in [0, 0.05) is 24.3 Å². The first kappa shape index (κ1) is 23.6. The van der Waals surface area contributed by atoms with Crippen molar-refractivity contribution in [1.82, 2.24) is 0 Å².